The Morgan fingerprint density at radius 3 is 2.45 bits per heavy atom. The molecule has 0 saturated carbocycles. The lowest BCUT2D eigenvalue weighted by atomic mass is 9.96. The summed E-state index contributed by atoms with van der Waals surface area (Å²) in [6.45, 7) is 0. The van der Waals surface area contributed by atoms with Crippen LogP contribution in [0.15, 0.2) is 89.0 Å². The number of para-hydroxylation sites is 2. The number of hydrogen-bond donors (Lipinski definition) is 0. The molecule has 2 aliphatic rings. The number of nitrogens with zero attached hydrogens (tertiary/aromatic N) is 3. The van der Waals surface area contributed by atoms with Gasteiger partial charge in [0.05, 0.1) is 22.8 Å². The van der Waals surface area contributed by atoms with Crippen molar-refractivity contribution < 1.29 is 4.84 Å². The molecule has 0 amide bonds. The predicted molar refractivity (Wildman–Crippen MR) is 121 cm³/mol. The molecule has 29 heavy (non-hydrogen) atoms. The van der Waals surface area contributed by atoms with Crippen LogP contribution in [0.2, 0.25) is 5.02 Å². The van der Waals surface area contributed by atoms with Crippen molar-refractivity contribution in [2.75, 3.05) is 11.2 Å². The maximum absolute atomic E-state index is 6.28. The summed E-state index contributed by atoms with van der Waals surface area (Å²) in [5, 5.41) is 6.26. The number of anilines is 1. The fourth-order valence-corrected chi connectivity index (χ4v) is 4.45. The van der Waals surface area contributed by atoms with Gasteiger partial charge in [-0.25, -0.2) is 4.99 Å². The van der Waals surface area contributed by atoms with E-state index in [0.717, 1.165) is 33.4 Å². The van der Waals surface area contributed by atoms with E-state index in [9.17, 15) is 0 Å². The van der Waals surface area contributed by atoms with E-state index in [1.807, 2.05) is 66.9 Å². The number of hydrogen-bond acceptors (Lipinski definition) is 5. The molecule has 4 nitrogen and oxygen atoms in total. The Labute approximate surface area is 178 Å². The average Bonchev–Trinajstić information content (AvgIpc) is 3.07. The van der Waals surface area contributed by atoms with Crippen LogP contribution in [0.4, 0.5) is 11.4 Å². The number of halogens is 1. The van der Waals surface area contributed by atoms with Crippen LogP contribution in [0.1, 0.15) is 17.5 Å². The summed E-state index contributed by atoms with van der Waals surface area (Å²) in [4.78, 5) is 13.4. The van der Waals surface area contributed by atoms with E-state index < -0.39 is 5.72 Å². The molecule has 144 valence electrons. The number of amidine groups is 1. The van der Waals surface area contributed by atoms with Crippen molar-refractivity contribution in [3.8, 4) is 0 Å². The molecule has 0 radical (unpaired) electrons. The van der Waals surface area contributed by atoms with Crippen LogP contribution >= 0.6 is 23.4 Å². The van der Waals surface area contributed by atoms with Crippen molar-refractivity contribution >= 4 is 45.6 Å². The van der Waals surface area contributed by atoms with Gasteiger partial charge in [0.15, 0.2) is 5.84 Å². The molecule has 2 aliphatic heterocycles. The molecule has 0 aromatic heterocycles. The molecular formula is C23H18ClN3OS. The summed E-state index contributed by atoms with van der Waals surface area (Å²) >= 11 is 7.76. The fraction of sp³-hybridized carbons (Fsp3) is 0.130. The number of thioether (sulfide) groups is 1. The van der Waals surface area contributed by atoms with Gasteiger partial charge >= 0.3 is 0 Å². The number of oxime groups is 1. The van der Waals surface area contributed by atoms with Crippen LogP contribution in [0.3, 0.4) is 0 Å². The van der Waals surface area contributed by atoms with Gasteiger partial charge in [0.2, 0.25) is 5.72 Å². The molecule has 0 spiro atoms. The highest BCUT2D eigenvalue weighted by Crippen LogP contribution is 2.49. The molecule has 6 heteroatoms. The molecule has 5 rings (SSSR count). The lowest BCUT2D eigenvalue weighted by molar-refractivity contribution is -0.0148. The highest BCUT2D eigenvalue weighted by Gasteiger charge is 2.51. The quantitative estimate of drug-likeness (QED) is 0.497. The van der Waals surface area contributed by atoms with Gasteiger partial charge in [-0.05, 0) is 42.7 Å². The molecule has 1 atom stereocenters. The molecular weight excluding hydrogens is 402 g/mol. The second kappa shape index (κ2) is 7.25. The van der Waals surface area contributed by atoms with Gasteiger partial charge in [-0.1, -0.05) is 59.2 Å². The lowest BCUT2D eigenvalue weighted by Gasteiger charge is -2.36. The van der Waals surface area contributed by atoms with Crippen LogP contribution in [0.5, 0.6) is 0 Å². The van der Waals surface area contributed by atoms with Crippen molar-refractivity contribution in [3.05, 3.63) is 95.0 Å². The third-order valence-electron chi connectivity index (χ3n) is 5.18. The summed E-state index contributed by atoms with van der Waals surface area (Å²) in [6.07, 6.45) is 2.64. The van der Waals surface area contributed by atoms with Crippen LogP contribution in [0, 0.1) is 0 Å². The molecule has 3 aromatic rings. The Morgan fingerprint density at radius 2 is 1.69 bits per heavy atom. The Kier molecular flexibility index (Phi) is 4.57. The molecule has 0 saturated heterocycles. The maximum Gasteiger partial charge on any atom is 0.247 e. The largest absolute Gasteiger partial charge is 0.359 e. The van der Waals surface area contributed by atoms with Crippen LogP contribution < -0.4 is 4.90 Å². The Bertz CT molecular complexity index is 1110. The second-order valence-corrected chi connectivity index (χ2v) is 8.19. The number of fused-ring (bicyclic) bond motifs is 3. The monoisotopic (exact) mass is 419 g/mol. The van der Waals surface area contributed by atoms with Gasteiger partial charge in [-0.2, -0.15) is 0 Å². The SMILES string of the molecule is CSC1=Nc2ccccc2N2C(c3ccc(Cl)cc3)=NO[C@@]2(c2ccccc2)C1. The zero-order valence-electron chi connectivity index (χ0n) is 15.7. The fourth-order valence-electron chi connectivity index (χ4n) is 3.80. The highest BCUT2D eigenvalue weighted by molar-refractivity contribution is 8.13. The highest BCUT2D eigenvalue weighted by atomic mass is 35.5. The summed E-state index contributed by atoms with van der Waals surface area (Å²) < 4.78 is 0. The van der Waals surface area contributed by atoms with E-state index >= 15 is 0 Å². The first-order valence-corrected chi connectivity index (χ1v) is 10.9. The third-order valence-corrected chi connectivity index (χ3v) is 6.14. The van der Waals surface area contributed by atoms with E-state index in [0.29, 0.717) is 11.4 Å². The summed E-state index contributed by atoms with van der Waals surface area (Å²) in [5.41, 5.74) is 3.04. The van der Waals surface area contributed by atoms with Crippen molar-refractivity contribution in [2.45, 2.75) is 12.1 Å². The molecule has 0 fully saturated rings. The standard InChI is InChI=1S/C23H18ClN3OS/c1-29-21-15-23(17-7-3-2-4-8-17)27(20-10-6-5-9-19(20)25-21)22(26-28-23)16-11-13-18(24)14-12-16/h2-14H,15H2,1H3/t23-/m1/s1. The minimum atomic E-state index is -0.801. The van der Waals surface area contributed by atoms with E-state index in [-0.39, 0.29) is 0 Å². The van der Waals surface area contributed by atoms with E-state index in [2.05, 4.69) is 28.3 Å². The second-order valence-electron chi connectivity index (χ2n) is 6.87. The smallest absolute Gasteiger partial charge is 0.247 e. The first-order valence-electron chi connectivity index (χ1n) is 9.30. The van der Waals surface area contributed by atoms with Crippen molar-refractivity contribution in [2.24, 2.45) is 10.1 Å². The average molecular weight is 420 g/mol. The molecule has 0 bridgehead atoms. The third kappa shape index (κ3) is 3.02. The van der Waals surface area contributed by atoms with Gasteiger partial charge in [0.25, 0.3) is 0 Å². The number of aliphatic imine (C=N–C) groups is 1. The molecule has 0 unspecified atom stereocenters. The normalized spacial score (nSPS) is 20.1. The van der Waals surface area contributed by atoms with Crippen molar-refractivity contribution in [3.63, 3.8) is 0 Å². The minimum Gasteiger partial charge on any atom is -0.359 e. The topological polar surface area (TPSA) is 37.2 Å². The Morgan fingerprint density at radius 1 is 0.966 bits per heavy atom. The van der Waals surface area contributed by atoms with Crippen molar-refractivity contribution in [1.82, 2.24) is 0 Å². The molecule has 2 heterocycles. The van der Waals surface area contributed by atoms with Crippen LogP contribution in [-0.4, -0.2) is 17.1 Å². The summed E-state index contributed by atoms with van der Waals surface area (Å²) in [7, 11) is 0. The van der Waals surface area contributed by atoms with Gasteiger partial charge in [0.1, 0.15) is 0 Å². The van der Waals surface area contributed by atoms with Crippen LogP contribution in [0.25, 0.3) is 0 Å². The van der Waals surface area contributed by atoms with Gasteiger partial charge in [-0.15, -0.1) is 11.8 Å². The number of benzene rings is 3. The summed E-state index contributed by atoms with van der Waals surface area (Å²) in [6, 6.07) is 26.0. The number of rotatable bonds is 2. The molecule has 3 aromatic carbocycles. The summed E-state index contributed by atoms with van der Waals surface area (Å²) in [5.74, 6) is 0.746. The van der Waals surface area contributed by atoms with Gasteiger partial charge < -0.3 is 4.84 Å². The molecule has 0 aliphatic carbocycles. The first kappa shape index (κ1) is 18.3. The van der Waals surface area contributed by atoms with E-state index in [4.69, 9.17) is 21.4 Å². The van der Waals surface area contributed by atoms with Crippen molar-refractivity contribution in [1.29, 1.82) is 0 Å². The van der Waals surface area contributed by atoms with Gasteiger partial charge in [-0.3, -0.25) is 4.90 Å². The Hall–Kier alpha value is -2.76. The van der Waals surface area contributed by atoms with Crippen LogP contribution in [-0.2, 0) is 10.6 Å². The Balaban J connectivity index is 1.75. The van der Waals surface area contributed by atoms with Gasteiger partial charge in [0, 0.05) is 16.1 Å². The first-order chi connectivity index (χ1) is 14.2. The zero-order valence-corrected chi connectivity index (χ0v) is 17.3. The maximum atomic E-state index is 6.28. The minimum absolute atomic E-state index is 0.591. The van der Waals surface area contributed by atoms with E-state index in [1.54, 1.807) is 11.8 Å². The lowest BCUT2D eigenvalue weighted by Crippen LogP contribution is -2.47. The predicted octanol–water partition coefficient (Wildman–Crippen LogP) is 6.19. The zero-order chi connectivity index (χ0) is 19.8. The van der Waals surface area contributed by atoms with E-state index in [1.165, 1.54) is 0 Å². The molecule has 0 N–H and O–H groups in total.